The predicted octanol–water partition coefficient (Wildman–Crippen LogP) is 0.833. The second kappa shape index (κ2) is 8.49. The fraction of sp³-hybridized carbons (Fsp3) is 0.471. The minimum absolute atomic E-state index is 0.00632. The zero-order valence-electron chi connectivity index (χ0n) is 15.3. The van der Waals surface area contributed by atoms with Crippen LogP contribution in [0.2, 0.25) is 0 Å². The number of hydrogen-bond acceptors (Lipinski definition) is 8. The number of esters is 3. The summed E-state index contributed by atoms with van der Waals surface area (Å²) in [6.45, 7) is 0.177. The van der Waals surface area contributed by atoms with Crippen molar-refractivity contribution in [3.8, 4) is 0 Å². The minimum Gasteiger partial charge on any atom is -0.469 e. The van der Waals surface area contributed by atoms with Crippen LogP contribution in [-0.4, -0.2) is 65.0 Å². The quantitative estimate of drug-likeness (QED) is 0.528. The minimum atomic E-state index is -4.10. The first-order chi connectivity index (χ1) is 12.8. The van der Waals surface area contributed by atoms with Gasteiger partial charge in [-0.05, 0) is 31.0 Å². The predicted molar refractivity (Wildman–Crippen MR) is 92.6 cm³/mol. The van der Waals surface area contributed by atoms with Crippen LogP contribution in [0.15, 0.2) is 23.1 Å². The molecule has 1 aliphatic rings. The highest BCUT2D eigenvalue weighted by Crippen LogP contribution is 2.28. The zero-order chi connectivity index (χ0) is 20.2. The molecule has 0 aliphatic carbocycles. The molecule has 0 N–H and O–H groups in total. The topological polar surface area (TPSA) is 116 Å². The Morgan fingerprint density at radius 3 is 2.07 bits per heavy atom. The molecule has 1 fully saturated rings. The molecule has 0 bridgehead atoms. The lowest BCUT2D eigenvalue weighted by Gasteiger charge is -2.30. The maximum Gasteiger partial charge on any atom is 0.339 e. The molecular formula is C17H21NO8S. The molecule has 1 heterocycles. The van der Waals surface area contributed by atoms with Gasteiger partial charge in [0.15, 0.2) is 0 Å². The molecule has 0 amide bonds. The van der Waals surface area contributed by atoms with E-state index >= 15 is 0 Å². The third kappa shape index (κ3) is 4.28. The summed E-state index contributed by atoms with van der Waals surface area (Å²) in [7, 11) is -0.508. The lowest BCUT2D eigenvalue weighted by Crippen LogP contribution is -2.41. The van der Waals surface area contributed by atoms with Crippen LogP contribution in [0, 0.1) is 5.92 Å². The van der Waals surface area contributed by atoms with Crippen LogP contribution in [-0.2, 0) is 29.0 Å². The summed E-state index contributed by atoms with van der Waals surface area (Å²) in [5.41, 5.74) is -0.187. The average Bonchev–Trinajstić information content (AvgIpc) is 2.71. The van der Waals surface area contributed by atoms with Gasteiger partial charge in [-0.3, -0.25) is 4.79 Å². The molecule has 1 saturated heterocycles. The van der Waals surface area contributed by atoms with Gasteiger partial charge in [0.1, 0.15) is 0 Å². The van der Waals surface area contributed by atoms with Gasteiger partial charge < -0.3 is 14.2 Å². The van der Waals surface area contributed by atoms with Crippen LogP contribution in [0.1, 0.15) is 33.6 Å². The number of rotatable bonds is 5. The largest absolute Gasteiger partial charge is 0.469 e. The number of piperidine rings is 1. The Morgan fingerprint density at radius 1 is 0.963 bits per heavy atom. The first kappa shape index (κ1) is 20.8. The number of benzene rings is 1. The third-order valence-corrected chi connectivity index (χ3v) is 6.35. The molecular weight excluding hydrogens is 378 g/mol. The van der Waals surface area contributed by atoms with Gasteiger partial charge in [0.25, 0.3) is 0 Å². The van der Waals surface area contributed by atoms with E-state index in [-0.39, 0.29) is 41.0 Å². The molecule has 10 heteroatoms. The Hall–Kier alpha value is -2.46. The van der Waals surface area contributed by atoms with Crippen LogP contribution in [0.5, 0.6) is 0 Å². The first-order valence-electron chi connectivity index (χ1n) is 8.15. The molecule has 0 aromatic heterocycles. The van der Waals surface area contributed by atoms with Crippen molar-refractivity contribution in [1.29, 1.82) is 0 Å². The van der Waals surface area contributed by atoms with Crippen molar-refractivity contribution in [3.05, 3.63) is 29.3 Å². The Bertz CT molecular complexity index is 840. The van der Waals surface area contributed by atoms with Crippen molar-refractivity contribution >= 4 is 27.9 Å². The monoisotopic (exact) mass is 399 g/mol. The van der Waals surface area contributed by atoms with Crippen LogP contribution >= 0.6 is 0 Å². The van der Waals surface area contributed by atoms with E-state index in [2.05, 4.69) is 9.47 Å². The van der Waals surface area contributed by atoms with Gasteiger partial charge in [-0.15, -0.1) is 0 Å². The van der Waals surface area contributed by atoms with Gasteiger partial charge in [0, 0.05) is 13.1 Å². The normalized spacial score (nSPS) is 15.8. The summed E-state index contributed by atoms with van der Waals surface area (Å²) < 4.78 is 41.3. The summed E-state index contributed by atoms with van der Waals surface area (Å²) in [4.78, 5) is 35.1. The van der Waals surface area contributed by atoms with E-state index in [4.69, 9.17) is 4.74 Å². The Balaban J connectivity index is 2.40. The summed E-state index contributed by atoms with van der Waals surface area (Å²) in [6.07, 6.45) is 0.603. The molecule has 0 spiro atoms. The van der Waals surface area contributed by atoms with Crippen molar-refractivity contribution in [2.75, 3.05) is 34.4 Å². The average molecular weight is 399 g/mol. The zero-order valence-corrected chi connectivity index (χ0v) is 16.1. The second-order valence-corrected chi connectivity index (χ2v) is 7.80. The molecule has 0 radical (unpaired) electrons. The fourth-order valence-electron chi connectivity index (χ4n) is 2.90. The molecule has 1 aromatic carbocycles. The number of sulfonamides is 1. The number of carbonyl (C=O) groups excluding carboxylic acids is 3. The molecule has 1 aromatic rings. The van der Waals surface area contributed by atoms with Crippen molar-refractivity contribution in [1.82, 2.24) is 4.31 Å². The number of methoxy groups -OCH3 is 3. The van der Waals surface area contributed by atoms with Crippen LogP contribution in [0.25, 0.3) is 0 Å². The molecule has 1 aliphatic heterocycles. The van der Waals surface area contributed by atoms with Gasteiger partial charge in [-0.2, -0.15) is 4.31 Å². The van der Waals surface area contributed by atoms with Crippen LogP contribution in [0.4, 0.5) is 0 Å². The SMILES string of the molecule is COC(=O)c1ccc(C(=O)OC)c(S(=O)(=O)N2CCC(C(=O)OC)CC2)c1. The van der Waals surface area contributed by atoms with E-state index in [0.717, 1.165) is 13.2 Å². The number of nitrogens with zero attached hydrogens (tertiary/aromatic N) is 1. The summed E-state index contributed by atoms with van der Waals surface area (Å²) in [6, 6.07) is 3.60. The lowest BCUT2D eigenvalue weighted by molar-refractivity contribution is -0.146. The molecule has 0 atom stereocenters. The Labute approximate surface area is 157 Å². The summed E-state index contributed by atoms with van der Waals surface area (Å²) in [5.74, 6) is -2.32. The van der Waals surface area contributed by atoms with Gasteiger partial charge in [0.2, 0.25) is 10.0 Å². The summed E-state index contributed by atoms with van der Waals surface area (Å²) in [5, 5.41) is 0. The van der Waals surface area contributed by atoms with Crippen LogP contribution < -0.4 is 0 Å². The number of hydrogen-bond donors (Lipinski definition) is 0. The maximum absolute atomic E-state index is 13.1. The van der Waals surface area contributed by atoms with E-state index in [9.17, 15) is 22.8 Å². The molecule has 148 valence electrons. The standard InChI is InChI=1S/C17H21NO8S/c1-24-15(19)11-6-8-18(9-7-11)27(22,23)14-10-12(16(20)25-2)4-5-13(14)17(21)26-3/h4-5,10-11H,6-9H2,1-3H3. The molecule has 27 heavy (non-hydrogen) atoms. The second-order valence-electron chi connectivity index (χ2n) is 5.90. The van der Waals surface area contributed by atoms with E-state index in [1.165, 1.54) is 30.7 Å². The molecule has 2 rings (SSSR count). The van der Waals surface area contributed by atoms with Crippen molar-refractivity contribution in [2.45, 2.75) is 17.7 Å². The van der Waals surface area contributed by atoms with Gasteiger partial charge >= 0.3 is 17.9 Å². The van der Waals surface area contributed by atoms with Crippen molar-refractivity contribution < 1.29 is 37.0 Å². The summed E-state index contributed by atoms with van der Waals surface area (Å²) >= 11 is 0. The van der Waals surface area contributed by atoms with Crippen molar-refractivity contribution in [3.63, 3.8) is 0 Å². The number of carbonyl (C=O) groups is 3. The van der Waals surface area contributed by atoms with E-state index in [1.807, 2.05) is 0 Å². The van der Waals surface area contributed by atoms with Gasteiger partial charge in [-0.25, -0.2) is 18.0 Å². The highest BCUT2D eigenvalue weighted by atomic mass is 32.2. The van der Waals surface area contributed by atoms with E-state index in [0.29, 0.717) is 12.8 Å². The van der Waals surface area contributed by atoms with Crippen molar-refractivity contribution in [2.24, 2.45) is 5.92 Å². The first-order valence-corrected chi connectivity index (χ1v) is 9.59. The number of ether oxygens (including phenoxy) is 3. The lowest BCUT2D eigenvalue weighted by atomic mass is 9.99. The highest BCUT2D eigenvalue weighted by molar-refractivity contribution is 7.89. The van der Waals surface area contributed by atoms with Gasteiger partial charge in [0.05, 0.1) is 43.3 Å². The maximum atomic E-state index is 13.1. The fourth-order valence-corrected chi connectivity index (χ4v) is 4.57. The highest BCUT2D eigenvalue weighted by Gasteiger charge is 2.35. The van der Waals surface area contributed by atoms with E-state index in [1.54, 1.807) is 0 Å². The van der Waals surface area contributed by atoms with Crippen LogP contribution in [0.3, 0.4) is 0 Å². The Kier molecular flexibility index (Phi) is 6.55. The Morgan fingerprint density at radius 2 is 1.56 bits per heavy atom. The molecule has 0 saturated carbocycles. The third-order valence-electron chi connectivity index (χ3n) is 4.41. The smallest absolute Gasteiger partial charge is 0.339 e. The molecule has 0 unspecified atom stereocenters. The van der Waals surface area contributed by atoms with E-state index < -0.39 is 22.0 Å². The van der Waals surface area contributed by atoms with Gasteiger partial charge in [-0.1, -0.05) is 0 Å². The molecule has 9 nitrogen and oxygen atoms in total.